The van der Waals surface area contributed by atoms with Crippen LogP contribution in [0.1, 0.15) is 5.56 Å². The third-order valence-corrected chi connectivity index (χ3v) is 6.58. The molecule has 1 heterocycles. The molecule has 1 aromatic heterocycles. The van der Waals surface area contributed by atoms with Crippen LogP contribution in [0.5, 0.6) is 0 Å². The van der Waals surface area contributed by atoms with Crippen LogP contribution in [0.3, 0.4) is 0 Å². The van der Waals surface area contributed by atoms with Crippen LogP contribution in [-0.4, -0.2) is 25.9 Å². The summed E-state index contributed by atoms with van der Waals surface area (Å²) in [6, 6.07) is 15.8. The first kappa shape index (κ1) is 21.1. The Morgan fingerprint density at radius 1 is 0.966 bits per heavy atom. The van der Waals surface area contributed by atoms with Gasteiger partial charge in [-0.05, 0) is 48.0 Å². The number of carbonyl (C=O) groups is 1. The number of aromatic nitrogens is 1. The van der Waals surface area contributed by atoms with Crippen molar-refractivity contribution >= 4 is 44.8 Å². The van der Waals surface area contributed by atoms with Gasteiger partial charge >= 0.3 is 0 Å². The molecular weight excluding hydrogens is 433 g/mol. The number of benzene rings is 2. The first-order valence-corrected chi connectivity index (χ1v) is 10.8. The summed E-state index contributed by atoms with van der Waals surface area (Å²) in [5.74, 6) is -0.465. The first-order chi connectivity index (χ1) is 13.9. The molecule has 150 valence electrons. The highest BCUT2D eigenvalue weighted by molar-refractivity contribution is 7.92. The normalized spacial score (nSPS) is 11.1. The summed E-state index contributed by atoms with van der Waals surface area (Å²) < 4.78 is 27.4. The molecule has 3 rings (SSSR count). The molecule has 0 saturated carbocycles. The third-order valence-electron chi connectivity index (χ3n) is 4.05. The van der Waals surface area contributed by atoms with Crippen molar-refractivity contribution in [1.82, 2.24) is 10.3 Å². The first-order valence-electron chi connectivity index (χ1n) is 8.56. The van der Waals surface area contributed by atoms with E-state index in [4.69, 9.17) is 23.2 Å². The van der Waals surface area contributed by atoms with E-state index < -0.39 is 22.5 Å². The van der Waals surface area contributed by atoms with Crippen molar-refractivity contribution in [3.63, 3.8) is 0 Å². The van der Waals surface area contributed by atoms with Gasteiger partial charge < -0.3 is 5.32 Å². The van der Waals surface area contributed by atoms with Gasteiger partial charge in [0.2, 0.25) is 5.91 Å². The van der Waals surface area contributed by atoms with Crippen molar-refractivity contribution in [2.45, 2.75) is 11.4 Å². The lowest BCUT2D eigenvalue weighted by Crippen LogP contribution is -2.40. The molecule has 0 aliphatic carbocycles. The number of anilines is 1. The molecule has 6 nitrogen and oxygen atoms in total. The van der Waals surface area contributed by atoms with E-state index in [9.17, 15) is 13.2 Å². The second-order valence-electron chi connectivity index (χ2n) is 6.06. The average molecular weight is 450 g/mol. The summed E-state index contributed by atoms with van der Waals surface area (Å²) in [6.07, 6.45) is 3.23. The predicted octanol–water partition coefficient (Wildman–Crippen LogP) is 3.90. The minimum atomic E-state index is -4.00. The zero-order valence-corrected chi connectivity index (χ0v) is 17.5. The molecule has 3 aromatic rings. The highest BCUT2D eigenvalue weighted by Crippen LogP contribution is 2.30. The number of amides is 1. The lowest BCUT2D eigenvalue weighted by molar-refractivity contribution is -0.119. The number of carbonyl (C=O) groups excluding carboxylic acids is 1. The summed E-state index contributed by atoms with van der Waals surface area (Å²) in [7, 11) is -4.00. The maximum atomic E-state index is 13.2. The number of halogens is 2. The highest BCUT2D eigenvalue weighted by Gasteiger charge is 2.27. The number of rotatable bonds is 7. The number of sulfonamides is 1. The van der Waals surface area contributed by atoms with Gasteiger partial charge in [0, 0.05) is 18.9 Å². The maximum absolute atomic E-state index is 13.2. The van der Waals surface area contributed by atoms with Gasteiger partial charge in [0.15, 0.2) is 0 Å². The molecule has 0 unspecified atom stereocenters. The molecule has 29 heavy (non-hydrogen) atoms. The fraction of sp³-hybridized carbons (Fsp3) is 0.100. The quantitative estimate of drug-likeness (QED) is 0.592. The number of nitrogens with one attached hydrogen (secondary N) is 1. The maximum Gasteiger partial charge on any atom is 0.264 e. The van der Waals surface area contributed by atoms with E-state index in [1.807, 2.05) is 0 Å². The Bertz CT molecular complexity index is 1090. The SMILES string of the molecule is O=C(CN(c1ccc(Cl)c(Cl)c1)S(=O)(=O)c1ccccc1)NCc1ccncc1. The molecule has 0 radical (unpaired) electrons. The second kappa shape index (κ2) is 9.26. The van der Waals surface area contributed by atoms with Crippen LogP contribution in [0.4, 0.5) is 5.69 Å². The minimum absolute atomic E-state index is 0.0630. The van der Waals surface area contributed by atoms with Gasteiger partial charge in [-0.2, -0.15) is 0 Å². The van der Waals surface area contributed by atoms with Crippen LogP contribution in [-0.2, 0) is 21.4 Å². The minimum Gasteiger partial charge on any atom is -0.350 e. The Hall–Kier alpha value is -2.61. The Balaban J connectivity index is 1.88. The van der Waals surface area contributed by atoms with Gasteiger partial charge in [0.1, 0.15) is 6.54 Å². The van der Waals surface area contributed by atoms with Gasteiger partial charge in [0.05, 0.1) is 20.6 Å². The Morgan fingerprint density at radius 2 is 1.66 bits per heavy atom. The highest BCUT2D eigenvalue weighted by atomic mass is 35.5. The topological polar surface area (TPSA) is 79.4 Å². The summed E-state index contributed by atoms with van der Waals surface area (Å²) in [5.41, 5.74) is 1.09. The van der Waals surface area contributed by atoms with Crippen molar-refractivity contribution in [2.24, 2.45) is 0 Å². The van der Waals surface area contributed by atoms with Gasteiger partial charge in [-0.3, -0.25) is 14.1 Å². The number of hydrogen-bond acceptors (Lipinski definition) is 4. The van der Waals surface area contributed by atoms with Crippen molar-refractivity contribution in [1.29, 1.82) is 0 Å². The molecule has 0 spiro atoms. The van der Waals surface area contributed by atoms with Crippen LogP contribution in [0.25, 0.3) is 0 Å². The molecule has 0 aliphatic rings. The van der Waals surface area contributed by atoms with E-state index in [0.717, 1.165) is 9.87 Å². The predicted molar refractivity (Wildman–Crippen MR) is 114 cm³/mol. The van der Waals surface area contributed by atoms with Crippen molar-refractivity contribution < 1.29 is 13.2 Å². The number of pyridine rings is 1. The Morgan fingerprint density at radius 3 is 2.31 bits per heavy atom. The molecule has 9 heteroatoms. The van der Waals surface area contributed by atoms with Crippen LogP contribution >= 0.6 is 23.2 Å². The van der Waals surface area contributed by atoms with E-state index in [0.29, 0.717) is 0 Å². The van der Waals surface area contributed by atoms with Crippen LogP contribution in [0, 0.1) is 0 Å². The molecular formula is C20H17Cl2N3O3S. The summed E-state index contributed by atoms with van der Waals surface area (Å²) in [5, 5.41) is 3.19. The van der Waals surface area contributed by atoms with E-state index >= 15 is 0 Å². The van der Waals surface area contributed by atoms with Crippen LogP contribution in [0.15, 0.2) is 78.0 Å². The number of nitrogens with zero attached hydrogens (tertiary/aromatic N) is 2. The molecule has 0 fully saturated rings. The summed E-state index contributed by atoms with van der Waals surface area (Å²) >= 11 is 12.0. The Labute approximate surface area is 179 Å². The van der Waals surface area contributed by atoms with E-state index in [1.54, 1.807) is 42.7 Å². The third kappa shape index (κ3) is 5.26. The zero-order valence-electron chi connectivity index (χ0n) is 15.1. The van der Waals surface area contributed by atoms with E-state index in [1.165, 1.54) is 30.3 Å². The van der Waals surface area contributed by atoms with Crippen LogP contribution in [0.2, 0.25) is 10.0 Å². The standard InChI is InChI=1S/C20H17Cl2N3O3S/c21-18-7-6-16(12-19(18)22)25(29(27,28)17-4-2-1-3-5-17)14-20(26)24-13-15-8-10-23-11-9-15/h1-12H,13-14H2,(H,24,26). The van der Waals surface area contributed by atoms with Gasteiger partial charge in [-0.15, -0.1) is 0 Å². The largest absolute Gasteiger partial charge is 0.350 e. The summed E-state index contributed by atoms with van der Waals surface area (Å²) in [4.78, 5) is 16.5. The lowest BCUT2D eigenvalue weighted by atomic mass is 10.2. The van der Waals surface area contributed by atoms with Crippen LogP contribution < -0.4 is 9.62 Å². The summed E-state index contributed by atoms with van der Waals surface area (Å²) in [6.45, 7) is -0.164. The average Bonchev–Trinajstić information content (AvgIpc) is 2.74. The van der Waals surface area contributed by atoms with Crippen molar-refractivity contribution in [3.05, 3.63) is 88.7 Å². The molecule has 1 N–H and O–H groups in total. The second-order valence-corrected chi connectivity index (χ2v) is 8.73. The van der Waals surface area contributed by atoms with Crippen molar-refractivity contribution in [3.8, 4) is 0 Å². The van der Waals surface area contributed by atoms with Gasteiger partial charge in [0.25, 0.3) is 10.0 Å². The molecule has 0 aliphatic heterocycles. The fourth-order valence-corrected chi connectivity index (χ4v) is 4.29. The van der Waals surface area contributed by atoms with Gasteiger partial charge in [-0.25, -0.2) is 8.42 Å². The van der Waals surface area contributed by atoms with Crippen molar-refractivity contribution in [2.75, 3.05) is 10.8 Å². The molecule has 0 atom stereocenters. The Kier molecular flexibility index (Phi) is 6.74. The number of hydrogen-bond donors (Lipinski definition) is 1. The smallest absolute Gasteiger partial charge is 0.264 e. The monoisotopic (exact) mass is 449 g/mol. The van der Waals surface area contributed by atoms with E-state index in [-0.39, 0.29) is 27.2 Å². The molecule has 0 saturated heterocycles. The van der Waals surface area contributed by atoms with Gasteiger partial charge in [-0.1, -0.05) is 41.4 Å². The zero-order chi connectivity index (χ0) is 20.9. The molecule has 2 aromatic carbocycles. The molecule has 0 bridgehead atoms. The molecule has 1 amide bonds. The van der Waals surface area contributed by atoms with E-state index in [2.05, 4.69) is 10.3 Å². The lowest BCUT2D eigenvalue weighted by Gasteiger charge is -2.24. The fourth-order valence-electron chi connectivity index (χ4n) is 2.56.